The molecule has 32 heavy (non-hydrogen) atoms. The van der Waals surface area contributed by atoms with Crippen molar-refractivity contribution in [2.45, 2.75) is 27.3 Å². The first-order chi connectivity index (χ1) is 15.4. The quantitative estimate of drug-likeness (QED) is 0.441. The predicted molar refractivity (Wildman–Crippen MR) is 118 cm³/mol. The molecule has 4 aromatic rings. The molecular weight excluding hydrogens is 434 g/mol. The van der Waals surface area contributed by atoms with Crippen LogP contribution < -0.4 is 11.1 Å². The molecule has 0 fully saturated rings. The summed E-state index contributed by atoms with van der Waals surface area (Å²) in [4.78, 5) is 47.1. The Kier molecular flexibility index (Phi) is 5.82. The zero-order valence-corrected chi connectivity index (χ0v) is 18.4. The van der Waals surface area contributed by atoms with Gasteiger partial charge in [-0.3, -0.25) is 14.3 Å². The number of esters is 1. The zero-order chi connectivity index (χ0) is 22.8. The molecule has 0 bridgehead atoms. The molecule has 0 radical (unpaired) electrons. The number of pyridine rings is 2. The molecule has 4 aromatic heterocycles. The number of thiophene rings is 1. The van der Waals surface area contributed by atoms with Crippen LogP contribution in [0.2, 0.25) is 0 Å². The highest BCUT2D eigenvalue weighted by Crippen LogP contribution is 2.37. The van der Waals surface area contributed by atoms with Gasteiger partial charge in [0.15, 0.2) is 0 Å². The van der Waals surface area contributed by atoms with Crippen molar-refractivity contribution in [1.29, 1.82) is 0 Å². The van der Waals surface area contributed by atoms with Crippen molar-refractivity contribution >= 4 is 39.1 Å². The molecule has 0 saturated carbocycles. The maximum absolute atomic E-state index is 12.9. The summed E-state index contributed by atoms with van der Waals surface area (Å²) in [6.07, 6.45) is 1.54. The SMILES string of the molecule is CCOC(=O)c1sc2nc(C)cc(C)c2c1NC(=O)Cn1c(-c2ccccn2)noc1=O. The molecule has 1 N–H and O–H groups in total. The number of nitrogens with zero attached hydrogens (tertiary/aromatic N) is 4. The minimum absolute atomic E-state index is 0.125. The van der Waals surface area contributed by atoms with Crippen molar-refractivity contribution in [3.05, 3.63) is 57.1 Å². The molecule has 4 rings (SSSR count). The second kappa shape index (κ2) is 8.71. The Hall–Kier alpha value is -3.86. The number of hydrogen-bond donors (Lipinski definition) is 1. The number of anilines is 1. The number of ether oxygens (including phenoxy) is 1. The van der Waals surface area contributed by atoms with Crippen LogP contribution in [-0.2, 0) is 16.1 Å². The highest BCUT2D eigenvalue weighted by atomic mass is 32.1. The van der Waals surface area contributed by atoms with Gasteiger partial charge >= 0.3 is 11.7 Å². The van der Waals surface area contributed by atoms with E-state index in [1.54, 1.807) is 31.3 Å². The van der Waals surface area contributed by atoms with E-state index in [0.29, 0.717) is 21.6 Å². The fourth-order valence-electron chi connectivity index (χ4n) is 3.31. The van der Waals surface area contributed by atoms with E-state index in [2.05, 4.69) is 20.4 Å². The number of aryl methyl sites for hydroxylation is 2. The van der Waals surface area contributed by atoms with Crippen LogP contribution >= 0.6 is 11.3 Å². The van der Waals surface area contributed by atoms with Crippen LogP contribution in [0.5, 0.6) is 0 Å². The largest absolute Gasteiger partial charge is 0.462 e. The zero-order valence-electron chi connectivity index (χ0n) is 17.5. The molecule has 10 nitrogen and oxygen atoms in total. The van der Waals surface area contributed by atoms with Gasteiger partial charge < -0.3 is 10.1 Å². The van der Waals surface area contributed by atoms with Crippen molar-refractivity contribution in [3.63, 3.8) is 0 Å². The second-order valence-corrected chi connectivity index (χ2v) is 7.91. The number of nitrogens with one attached hydrogen (secondary N) is 1. The number of rotatable bonds is 6. The Bertz CT molecular complexity index is 1370. The van der Waals surface area contributed by atoms with Crippen LogP contribution in [0.4, 0.5) is 5.69 Å². The molecule has 0 spiro atoms. The number of carbonyl (C=O) groups excluding carboxylic acids is 2. The van der Waals surface area contributed by atoms with Gasteiger partial charge in [-0.15, -0.1) is 11.3 Å². The molecule has 0 unspecified atom stereocenters. The lowest BCUT2D eigenvalue weighted by molar-refractivity contribution is -0.116. The first-order valence-corrected chi connectivity index (χ1v) is 10.6. The molecule has 1 amide bonds. The highest BCUT2D eigenvalue weighted by molar-refractivity contribution is 7.21. The summed E-state index contributed by atoms with van der Waals surface area (Å²) in [5.41, 5.74) is 2.34. The van der Waals surface area contributed by atoms with Crippen LogP contribution in [0, 0.1) is 13.8 Å². The summed E-state index contributed by atoms with van der Waals surface area (Å²) in [6.45, 7) is 5.24. The lowest BCUT2D eigenvalue weighted by Crippen LogP contribution is -2.26. The lowest BCUT2D eigenvalue weighted by atomic mass is 10.1. The lowest BCUT2D eigenvalue weighted by Gasteiger charge is -2.09. The monoisotopic (exact) mass is 453 g/mol. The number of fused-ring (bicyclic) bond motifs is 1. The Balaban J connectivity index is 1.71. The van der Waals surface area contributed by atoms with Crippen molar-refractivity contribution in [2.24, 2.45) is 0 Å². The van der Waals surface area contributed by atoms with Crippen molar-refractivity contribution < 1.29 is 18.8 Å². The van der Waals surface area contributed by atoms with E-state index in [4.69, 9.17) is 9.26 Å². The third-order valence-corrected chi connectivity index (χ3v) is 5.66. The fraction of sp³-hybridized carbons (Fsp3) is 0.238. The van der Waals surface area contributed by atoms with E-state index in [9.17, 15) is 14.4 Å². The van der Waals surface area contributed by atoms with Crippen LogP contribution in [0.3, 0.4) is 0 Å². The minimum Gasteiger partial charge on any atom is -0.462 e. The Morgan fingerprint density at radius 2 is 2.09 bits per heavy atom. The number of carbonyl (C=O) groups is 2. The Labute approximate surface area is 185 Å². The van der Waals surface area contributed by atoms with Gasteiger partial charge in [0.25, 0.3) is 0 Å². The molecule has 0 aromatic carbocycles. The Morgan fingerprint density at radius 1 is 1.28 bits per heavy atom. The minimum atomic E-state index is -0.796. The second-order valence-electron chi connectivity index (χ2n) is 6.91. The third-order valence-electron chi connectivity index (χ3n) is 4.59. The van der Waals surface area contributed by atoms with Gasteiger partial charge in [-0.2, -0.15) is 0 Å². The van der Waals surface area contributed by atoms with Gasteiger partial charge in [0.05, 0.1) is 12.3 Å². The van der Waals surface area contributed by atoms with Gasteiger partial charge in [-0.05, 0) is 44.5 Å². The first kappa shape index (κ1) is 21.4. The number of amides is 1. The van der Waals surface area contributed by atoms with E-state index < -0.39 is 17.6 Å². The number of hydrogen-bond acceptors (Lipinski definition) is 9. The van der Waals surface area contributed by atoms with Gasteiger partial charge in [-0.1, -0.05) is 11.2 Å². The van der Waals surface area contributed by atoms with E-state index in [0.717, 1.165) is 27.2 Å². The highest BCUT2D eigenvalue weighted by Gasteiger charge is 2.25. The van der Waals surface area contributed by atoms with Crippen LogP contribution in [-0.4, -0.2) is 38.2 Å². The van der Waals surface area contributed by atoms with Gasteiger partial charge in [0, 0.05) is 17.3 Å². The summed E-state index contributed by atoms with van der Waals surface area (Å²) < 4.78 is 11.0. The topological polar surface area (TPSA) is 129 Å². The van der Waals surface area contributed by atoms with Crippen molar-refractivity contribution in [2.75, 3.05) is 11.9 Å². The normalized spacial score (nSPS) is 11.0. The van der Waals surface area contributed by atoms with Gasteiger partial charge in [-0.25, -0.2) is 19.1 Å². The van der Waals surface area contributed by atoms with Crippen molar-refractivity contribution in [1.82, 2.24) is 19.7 Å². The average Bonchev–Trinajstić information content (AvgIpc) is 3.29. The summed E-state index contributed by atoms with van der Waals surface area (Å²) >= 11 is 1.14. The van der Waals surface area contributed by atoms with Gasteiger partial charge in [0.1, 0.15) is 21.9 Å². The summed E-state index contributed by atoms with van der Waals surface area (Å²) in [6, 6.07) is 6.96. The van der Waals surface area contributed by atoms with E-state index >= 15 is 0 Å². The number of aromatic nitrogens is 4. The standard InChI is InChI=1S/C21H19N5O5S/c1-4-30-20(28)17-16(15-11(2)9-12(3)23-19(15)32-17)24-14(27)10-26-18(25-31-21(26)29)13-7-5-6-8-22-13/h5-9H,4,10H2,1-3H3,(H,24,27). The maximum atomic E-state index is 12.9. The van der Waals surface area contributed by atoms with Crippen LogP contribution in [0.25, 0.3) is 21.7 Å². The van der Waals surface area contributed by atoms with Crippen LogP contribution in [0.1, 0.15) is 27.9 Å². The van der Waals surface area contributed by atoms with E-state index in [1.165, 1.54) is 0 Å². The van der Waals surface area contributed by atoms with E-state index in [-0.39, 0.29) is 23.9 Å². The van der Waals surface area contributed by atoms with E-state index in [1.807, 2.05) is 19.9 Å². The summed E-state index contributed by atoms with van der Waals surface area (Å²) in [5.74, 6) is -1.77. The Morgan fingerprint density at radius 3 is 2.81 bits per heavy atom. The molecule has 164 valence electrons. The predicted octanol–water partition coefficient (Wildman–Crippen LogP) is 2.94. The molecule has 0 aliphatic rings. The maximum Gasteiger partial charge on any atom is 0.442 e. The molecular formula is C21H19N5O5S. The third kappa shape index (κ3) is 4.02. The molecule has 0 atom stereocenters. The molecule has 0 aliphatic carbocycles. The molecule has 0 aliphatic heterocycles. The fourth-order valence-corrected chi connectivity index (χ4v) is 4.46. The van der Waals surface area contributed by atoms with Crippen LogP contribution in [0.15, 0.2) is 39.8 Å². The molecule has 11 heteroatoms. The molecule has 4 heterocycles. The molecule has 0 saturated heterocycles. The summed E-state index contributed by atoms with van der Waals surface area (Å²) in [5, 5.41) is 7.14. The summed E-state index contributed by atoms with van der Waals surface area (Å²) in [7, 11) is 0. The first-order valence-electron chi connectivity index (χ1n) is 9.74. The average molecular weight is 453 g/mol. The smallest absolute Gasteiger partial charge is 0.442 e. The van der Waals surface area contributed by atoms with Crippen molar-refractivity contribution in [3.8, 4) is 11.5 Å². The van der Waals surface area contributed by atoms with Gasteiger partial charge in [0.2, 0.25) is 11.7 Å².